The standard InChI is InChI=1S/C22H22ClNO3S/c23-22-12-5-4-11-21(22)17-28(25,26)24-14-19-9-6-10-20(13-19)16-27-15-18-7-2-1-3-8-18/h1-13,24H,14-17H2. The second-order valence-electron chi connectivity index (χ2n) is 6.47. The largest absolute Gasteiger partial charge is 0.372 e. The van der Waals surface area contributed by atoms with E-state index in [9.17, 15) is 8.42 Å². The Balaban J connectivity index is 1.53. The highest BCUT2D eigenvalue weighted by Gasteiger charge is 2.13. The molecule has 1 N–H and O–H groups in total. The third-order valence-corrected chi connectivity index (χ3v) is 5.82. The molecule has 0 heterocycles. The number of rotatable bonds is 9. The minimum Gasteiger partial charge on any atom is -0.372 e. The molecule has 0 saturated carbocycles. The lowest BCUT2D eigenvalue weighted by Crippen LogP contribution is -2.24. The van der Waals surface area contributed by atoms with E-state index in [-0.39, 0.29) is 12.3 Å². The third kappa shape index (κ3) is 6.46. The Morgan fingerprint density at radius 3 is 2.21 bits per heavy atom. The molecule has 146 valence electrons. The fraction of sp³-hybridized carbons (Fsp3) is 0.182. The highest BCUT2D eigenvalue weighted by Crippen LogP contribution is 2.17. The van der Waals surface area contributed by atoms with Gasteiger partial charge in [-0.2, -0.15) is 0 Å². The van der Waals surface area contributed by atoms with E-state index >= 15 is 0 Å². The number of nitrogens with one attached hydrogen (secondary N) is 1. The van der Waals surface area contributed by atoms with Crippen molar-refractivity contribution in [2.45, 2.75) is 25.5 Å². The highest BCUT2D eigenvalue weighted by atomic mass is 35.5. The third-order valence-electron chi connectivity index (χ3n) is 4.17. The molecular weight excluding hydrogens is 394 g/mol. The van der Waals surface area contributed by atoms with Gasteiger partial charge in [0.2, 0.25) is 10.0 Å². The van der Waals surface area contributed by atoms with Gasteiger partial charge in [-0.1, -0.05) is 84.4 Å². The zero-order chi connectivity index (χ0) is 19.8. The van der Waals surface area contributed by atoms with Gasteiger partial charge < -0.3 is 4.74 Å². The SMILES string of the molecule is O=S(=O)(Cc1ccccc1Cl)NCc1cccc(COCc2ccccc2)c1. The van der Waals surface area contributed by atoms with Crippen LogP contribution in [-0.4, -0.2) is 8.42 Å². The van der Waals surface area contributed by atoms with Gasteiger partial charge in [0.15, 0.2) is 0 Å². The van der Waals surface area contributed by atoms with Crippen LogP contribution in [0.3, 0.4) is 0 Å². The van der Waals surface area contributed by atoms with Gasteiger partial charge in [0.1, 0.15) is 0 Å². The van der Waals surface area contributed by atoms with Crippen LogP contribution in [0, 0.1) is 0 Å². The summed E-state index contributed by atoms with van der Waals surface area (Å²) in [5, 5.41) is 0.449. The number of sulfonamides is 1. The highest BCUT2D eigenvalue weighted by molar-refractivity contribution is 7.88. The van der Waals surface area contributed by atoms with Crippen molar-refractivity contribution in [2.24, 2.45) is 0 Å². The van der Waals surface area contributed by atoms with E-state index in [1.165, 1.54) is 0 Å². The summed E-state index contributed by atoms with van der Waals surface area (Å²) < 4.78 is 33.1. The van der Waals surface area contributed by atoms with E-state index in [0.29, 0.717) is 23.8 Å². The van der Waals surface area contributed by atoms with Crippen molar-refractivity contribution in [1.29, 1.82) is 0 Å². The fourth-order valence-electron chi connectivity index (χ4n) is 2.75. The predicted molar refractivity (Wildman–Crippen MR) is 112 cm³/mol. The van der Waals surface area contributed by atoms with Gasteiger partial charge in [0.25, 0.3) is 0 Å². The molecule has 3 aromatic rings. The second kappa shape index (κ2) is 9.85. The van der Waals surface area contributed by atoms with Crippen molar-refractivity contribution in [3.8, 4) is 0 Å². The summed E-state index contributed by atoms with van der Waals surface area (Å²) in [5.74, 6) is -0.146. The number of halogens is 1. The Morgan fingerprint density at radius 2 is 1.43 bits per heavy atom. The summed E-state index contributed by atoms with van der Waals surface area (Å²) in [6, 6.07) is 24.6. The lowest BCUT2D eigenvalue weighted by molar-refractivity contribution is 0.107. The quantitative estimate of drug-likeness (QED) is 0.552. The first-order chi connectivity index (χ1) is 13.5. The molecule has 6 heteroatoms. The molecule has 0 aliphatic carbocycles. The lowest BCUT2D eigenvalue weighted by Gasteiger charge is -2.10. The summed E-state index contributed by atoms with van der Waals surface area (Å²) in [6.07, 6.45) is 0. The smallest absolute Gasteiger partial charge is 0.216 e. The molecule has 0 amide bonds. The Kier molecular flexibility index (Phi) is 7.23. The van der Waals surface area contributed by atoms with E-state index in [1.54, 1.807) is 24.3 Å². The predicted octanol–water partition coefficient (Wildman–Crippen LogP) is 4.68. The number of hydrogen-bond acceptors (Lipinski definition) is 3. The first-order valence-corrected chi connectivity index (χ1v) is 10.9. The molecule has 0 aliphatic rings. The zero-order valence-corrected chi connectivity index (χ0v) is 16.9. The van der Waals surface area contributed by atoms with Crippen LogP contribution >= 0.6 is 11.6 Å². The van der Waals surface area contributed by atoms with E-state index in [4.69, 9.17) is 16.3 Å². The van der Waals surface area contributed by atoms with Crippen molar-refractivity contribution in [3.05, 3.63) is 106 Å². The first-order valence-electron chi connectivity index (χ1n) is 8.92. The average molecular weight is 416 g/mol. The van der Waals surface area contributed by atoms with E-state index in [0.717, 1.165) is 16.7 Å². The van der Waals surface area contributed by atoms with Crippen molar-refractivity contribution in [1.82, 2.24) is 4.72 Å². The molecule has 0 bridgehead atoms. The Labute approximate surface area is 171 Å². The topological polar surface area (TPSA) is 55.4 Å². The van der Waals surface area contributed by atoms with Crippen LogP contribution in [0.25, 0.3) is 0 Å². The summed E-state index contributed by atoms with van der Waals surface area (Å²) in [6.45, 7) is 1.23. The van der Waals surface area contributed by atoms with E-state index in [2.05, 4.69) is 4.72 Å². The second-order valence-corrected chi connectivity index (χ2v) is 8.68. The van der Waals surface area contributed by atoms with E-state index in [1.807, 2.05) is 54.6 Å². The molecule has 3 rings (SSSR count). The number of benzene rings is 3. The first kappa shape index (κ1) is 20.6. The Bertz CT molecular complexity index is 1010. The Morgan fingerprint density at radius 1 is 0.786 bits per heavy atom. The van der Waals surface area contributed by atoms with Crippen molar-refractivity contribution in [2.75, 3.05) is 0 Å². The van der Waals surface area contributed by atoms with Crippen LogP contribution in [0.2, 0.25) is 5.02 Å². The summed E-state index contributed by atoms with van der Waals surface area (Å²) >= 11 is 6.05. The lowest BCUT2D eigenvalue weighted by atomic mass is 10.1. The van der Waals surface area contributed by atoms with Crippen LogP contribution in [-0.2, 0) is 40.3 Å². The van der Waals surface area contributed by atoms with Gasteiger partial charge >= 0.3 is 0 Å². The number of hydrogen-bond donors (Lipinski definition) is 1. The molecule has 0 fully saturated rings. The minimum atomic E-state index is -3.49. The molecule has 0 atom stereocenters. The normalized spacial score (nSPS) is 11.5. The molecule has 0 aliphatic heterocycles. The van der Waals surface area contributed by atoms with Gasteiger partial charge in [0, 0.05) is 11.6 Å². The summed E-state index contributed by atoms with van der Waals surface area (Å²) in [4.78, 5) is 0. The van der Waals surface area contributed by atoms with Crippen LogP contribution in [0.15, 0.2) is 78.9 Å². The zero-order valence-electron chi connectivity index (χ0n) is 15.3. The van der Waals surface area contributed by atoms with Gasteiger partial charge in [0.05, 0.1) is 19.0 Å². The van der Waals surface area contributed by atoms with Gasteiger partial charge in [-0.15, -0.1) is 0 Å². The molecule has 4 nitrogen and oxygen atoms in total. The minimum absolute atomic E-state index is 0.146. The van der Waals surface area contributed by atoms with Gasteiger partial charge in [-0.05, 0) is 28.3 Å². The number of ether oxygens (including phenoxy) is 1. The fourth-order valence-corrected chi connectivity index (χ4v) is 4.19. The molecule has 3 aromatic carbocycles. The summed E-state index contributed by atoms with van der Waals surface area (Å²) in [7, 11) is -3.49. The molecule has 0 radical (unpaired) electrons. The van der Waals surface area contributed by atoms with E-state index < -0.39 is 10.0 Å². The monoisotopic (exact) mass is 415 g/mol. The molecule has 0 spiro atoms. The maximum absolute atomic E-state index is 12.3. The maximum Gasteiger partial charge on any atom is 0.216 e. The van der Waals surface area contributed by atoms with Crippen LogP contribution in [0.5, 0.6) is 0 Å². The van der Waals surface area contributed by atoms with Crippen molar-refractivity contribution in [3.63, 3.8) is 0 Å². The average Bonchev–Trinajstić information content (AvgIpc) is 2.69. The van der Waals surface area contributed by atoms with Crippen LogP contribution < -0.4 is 4.72 Å². The maximum atomic E-state index is 12.3. The summed E-state index contributed by atoms with van der Waals surface area (Å²) in [5.41, 5.74) is 3.58. The van der Waals surface area contributed by atoms with Gasteiger partial charge in [-0.25, -0.2) is 13.1 Å². The van der Waals surface area contributed by atoms with Crippen molar-refractivity contribution >= 4 is 21.6 Å². The molecular formula is C22H22ClNO3S. The molecule has 0 aromatic heterocycles. The van der Waals surface area contributed by atoms with Crippen molar-refractivity contribution < 1.29 is 13.2 Å². The van der Waals surface area contributed by atoms with Gasteiger partial charge in [-0.3, -0.25) is 0 Å². The van der Waals surface area contributed by atoms with Crippen LogP contribution in [0.1, 0.15) is 22.3 Å². The molecule has 0 saturated heterocycles. The Hall–Kier alpha value is -2.18. The molecule has 28 heavy (non-hydrogen) atoms. The van der Waals surface area contributed by atoms with Crippen LogP contribution in [0.4, 0.5) is 0 Å². The molecule has 0 unspecified atom stereocenters.